The van der Waals surface area contributed by atoms with E-state index in [1.807, 2.05) is 0 Å². The number of hydrogen-bond acceptors (Lipinski definition) is 3. The first-order valence-electron chi connectivity index (χ1n) is 7.16. The van der Waals surface area contributed by atoms with Gasteiger partial charge < -0.3 is 0 Å². The molecule has 0 aliphatic rings. The largest absolute Gasteiger partial charge is 0.292 e. The Morgan fingerprint density at radius 3 is 2.04 bits per heavy atom. The van der Waals surface area contributed by atoms with Crippen molar-refractivity contribution in [1.29, 1.82) is 5.26 Å². The molecule has 0 aliphatic carbocycles. The number of hydrogen-bond donors (Lipinski definition) is 0. The fourth-order valence-corrected chi connectivity index (χ4v) is 2.48. The van der Waals surface area contributed by atoms with Gasteiger partial charge in [0.2, 0.25) is 5.82 Å². The summed E-state index contributed by atoms with van der Waals surface area (Å²) < 4.78 is 67.5. The molecule has 3 rings (SSSR count). The number of carbonyl (C=O) groups is 1. The molecule has 26 heavy (non-hydrogen) atoms. The van der Waals surface area contributed by atoms with Crippen molar-refractivity contribution in [1.82, 2.24) is 4.98 Å². The number of rotatable bonds is 3. The summed E-state index contributed by atoms with van der Waals surface area (Å²) in [5.41, 5.74) is -1.83. The van der Waals surface area contributed by atoms with Crippen molar-refractivity contribution < 1.29 is 26.7 Å². The number of fused-ring (bicyclic) bond motifs is 1. The topological polar surface area (TPSA) is 53.8 Å². The van der Waals surface area contributed by atoms with Crippen LogP contribution in [0.25, 0.3) is 10.8 Å². The molecule has 0 amide bonds. The maximum absolute atomic E-state index is 13.8. The van der Waals surface area contributed by atoms with Crippen LogP contribution in [0.4, 0.5) is 22.0 Å². The zero-order chi connectivity index (χ0) is 19.0. The summed E-state index contributed by atoms with van der Waals surface area (Å²) in [6.45, 7) is 0. The number of pyridine rings is 1. The maximum atomic E-state index is 13.8. The van der Waals surface area contributed by atoms with Gasteiger partial charge in [0, 0.05) is 11.6 Å². The highest BCUT2D eigenvalue weighted by Gasteiger charge is 2.34. The van der Waals surface area contributed by atoms with Gasteiger partial charge in [0.1, 0.15) is 0 Å². The summed E-state index contributed by atoms with van der Waals surface area (Å²) in [7, 11) is 0. The van der Waals surface area contributed by atoms with Gasteiger partial charge in [-0.05, 0) is 11.5 Å². The minimum absolute atomic E-state index is 0.167. The number of halogens is 5. The fourth-order valence-electron chi connectivity index (χ4n) is 2.48. The van der Waals surface area contributed by atoms with Crippen LogP contribution in [-0.4, -0.2) is 10.8 Å². The molecule has 1 heterocycles. The minimum atomic E-state index is -2.38. The van der Waals surface area contributed by atoms with Crippen LogP contribution in [0.15, 0.2) is 36.5 Å². The molecule has 0 fully saturated rings. The highest BCUT2D eigenvalue weighted by Crippen LogP contribution is 2.28. The van der Waals surface area contributed by atoms with E-state index in [9.17, 15) is 32.0 Å². The summed E-state index contributed by atoms with van der Waals surface area (Å²) >= 11 is 0. The van der Waals surface area contributed by atoms with Gasteiger partial charge in [-0.3, -0.25) is 9.78 Å². The van der Waals surface area contributed by atoms with Crippen LogP contribution in [0.1, 0.15) is 22.0 Å². The first-order chi connectivity index (χ1) is 12.4. The lowest BCUT2D eigenvalue weighted by Crippen LogP contribution is -2.19. The highest BCUT2D eigenvalue weighted by molar-refractivity contribution is 6.03. The number of Topliss-reactive ketones (excluding diaryl/α,β-unsaturated/α-hetero) is 1. The molecule has 0 aliphatic heterocycles. The third kappa shape index (κ3) is 2.67. The molecule has 1 atom stereocenters. The van der Waals surface area contributed by atoms with Crippen LogP contribution < -0.4 is 0 Å². The van der Waals surface area contributed by atoms with Crippen LogP contribution in [0.3, 0.4) is 0 Å². The third-order valence-electron chi connectivity index (χ3n) is 3.80. The monoisotopic (exact) mass is 362 g/mol. The standard InChI is InChI=1S/C18H7F5N2O/c19-13-12(14(20)16(22)17(23)15(13)21)18(26)10(6-24)11-5-8-3-1-2-4-9(8)7-25-11/h1-5,7,10H/t10-/m1/s1. The lowest BCUT2D eigenvalue weighted by molar-refractivity contribution is 0.0966. The van der Waals surface area contributed by atoms with Crippen molar-refractivity contribution in [2.75, 3.05) is 0 Å². The van der Waals surface area contributed by atoms with Crippen LogP contribution in [0.5, 0.6) is 0 Å². The van der Waals surface area contributed by atoms with Crippen LogP contribution >= 0.6 is 0 Å². The van der Waals surface area contributed by atoms with Gasteiger partial charge in [-0.2, -0.15) is 5.26 Å². The van der Waals surface area contributed by atoms with Gasteiger partial charge in [-0.1, -0.05) is 24.3 Å². The lowest BCUT2D eigenvalue weighted by Gasteiger charge is -2.11. The molecule has 3 aromatic rings. The highest BCUT2D eigenvalue weighted by atomic mass is 19.2. The number of carbonyl (C=O) groups excluding carboxylic acids is 1. The predicted molar refractivity (Wildman–Crippen MR) is 80.7 cm³/mol. The molecule has 0 bridgehead atoms. The molecule has 130 valence electrons. The summed E-state index contributed by atoms with van der Waals surface area (Å²) in [6, 6.07) is 9.61. The molecule has 0 saturated carbocycles. The Morgan fingerprint density at radius 1 is 0.923 bits per heavy atom. The molecule has 0 spiro atoms. The fraction of sp³-hybridized carbons (Fsp3) is 0.0556. The van der Waals surface area contributed by atoms with Gasteiger partial charge in [-0.25, -0.2) is 22.0 Å². The maximum Gasteiger partial charge on any atom is 0.200 e. The van der Waals surface area contributed by atoms with Crippen molar-refractivity contribution in [2.24, 2.45) is 0 Å². The second-order valence-corrected chi connectivity index (χ2v) is 5.33. The zero-order valence-electron chi connectivity index (χ0n) is 12.7. The SMILES string of the molecule is N#C[C@@H](C(=O)c1c(F)c(F)c(F)c(F)c1F)c1cc2ccccc2cn1. The van der Waals surface area contributed by atoms with E-state index in [0.717, 1.165) is 0 Å². The number of benzene rings is 2. The summed E-state index contributed by atoms with van der Waals surface area (Å²) in [5, 5.41) is 10.5. The van der Waals surface area contributed by atoms with Crippen LogP contribution in [-0.2, 0) is 0 Å². The molecule has 0 N–H and O–H groups in total. The summed E-state index contributed by atoms with van der Waals surface area (Å²) in [4.78, 5) is 16.3. The number of ketones is 1. The van der Waals surface area contributed by atoms with E-state index < -0.39 is 46.4 Å². The molecule has 1 aromatic heterocycles. The average molecular weight is 362 g/mol. The van der Waals surface area contributed by atoms with Crippen molar-refractivity contribution in [3.05, 3.63) is 76.9 Å². The minimum Gasteiger partial charge on any atom is -0.292 e. The van der Waals surface area contributed by atoms with Crippen LogP contribution in [0.2, 0.25) is 0 Å². The van der Waals surface area contributed by atoms with E-state index in [0.29, 0.717) is 10.8 Å². The van der Waals surface area contributed by atoms with Crippen LogP contribution in [0, 0.1) is 40.4 Å². The van der Waals surface area contributed by atoms with Gasteiger partial charge in [0.15, 0.2) is 35.0 Å². The molecule has 0 unspecified atom stereocenters. The lowest BCUT2D eigenvalue weighted by atomic mass is 9.93. The van der Waals surface area contributed by atoms with Crippen molar-refractivity contribution in [2.45, 2.75) is 5.92 Å². The zero-order valence-corrected chi connectivity index (χ0v) is 12.7. The molecular weight excluding hydrogens is 355 g/mol. The van der Waals surface area contributed by atoms with E-state index in [1.54, 1.807) is 24.3 Å². The Morgan fingerprint density at radius 2 is 1.46 bits per heavy atom. The quantitative estimate of drug-likeness (QED) is 0.300. The van der Waals surface area contributed by atoms with Gasteiger partial charge in [0.25, 0.3) is 0 Å². The van der Waals surface area contributed by atoms with Gasteiger partial charge >= 0.3 is 0 Å². The smallest absolute Gasteiger partial charge is 0.200 e. The molecule has 0 radical (unpaired) electrons. The Hall–Kier alpha value is -3.34. The second-order valence-electron chi connectivity index (χ2n) is 5.33. The molecule has 3 nitrogen and oxygen atoms in total. The predicted octanol–water partition coefficient (Wildman–Crippen LogP) is 4.42. The van der Waals surface area contributed by atoms with Gasteiger partial charge in [-0.15, -0.1) is 0 Å². The van der Waals surface area contributed by atoms with Crippen molar-refractivity contribution >= 4 is 16.6 Å². The Labute approximate surface area is 143 Å². The van der Waals surface area contributed by atoms with E-state index in [2.05, 4.69) is 4.98 Å². The second kappa shape index (κ2) is 6.52. The van der Waals surface area contributed by atoms with E-state index in [4.69, 9.17) is 0 Å². The van der Waals surface area contributed by atoms with Crippen molar-refractivity contribution in [3.63, 3.8) is 0 Å². The Kier molecular flexibility index (Phi) is 4.38. The average Bonchev–Trinajstić information content (AvgIpc) is 2.65. The van der Waals surface area contributed by atoms with E-state index in [1.165, 1.54) is 18.3 Å². The Bertz CT molecular complexity index is 1060. The molecular formula is C18H7F5N2O. The molecule has 0 saturated heterocycles. The van der Waals surface area contributed by atoms with Crippen molar-refractivity contribution in [3.8, 4) is 6.07 Å². The summed E-state index contributed by atoms with van der Waals surface area (Å²) in [5.74, 6) is -14.9. The first kappa shape index (κ1) is 17.5. The Balaban J connectivity index is 2.15. The number of nitriles is 1. The molecule has 2 aromatic carbocycles. The number of aromatic nitrogens is 1. The first-order valence-corrected chi connectivity index (χ1v) is 7.16. The third-order valence-corrected chi connectivity index (χ3v) is 3.80. The normalized spacial score (nSPS) is 12.0. The summed E-state index contributed by atoms with van der Waals surface area (Å²) in [6.07, 6.45) is 1.33. The van der Waals surface area contributed by atoms with E-state index in [-0.39, 0.29) is 5.69 Å². The van der Waals surface area contributed by atoms with E-state index >= 15 is 0 Å². The molecule has 8 heteroatoms. The van der Waals surface area contributed by atoms with Gasteiger partial charge in [0.05, 0.1) is 17.3 Å². The number of nitrogens with zero attached hydrogens (tertiary/aromatic N) is 2.